The largest absolute Gasteiger partial charge is 0.326 e. The molecule has 0 bridgehead atoms. The number of likely N-dealkylation sites (tertiary alicyclic amines) is 1. The molecule has 1 N–H and O–H groups in total. The van der Waals surface area contributed by atoms with Gasteiger partial charge in [-0.15, -0.1) is 0 Å². The van der Waals surface area contributed by atoms with Crippen LogP contribution in [-0.2, 0) is 17.8 Å². The number of carbonyl (C=O) groups is 1. The van der Waals surface area contributed by atoms with Crippen LogP contribution in [0.4, 0.5) is 10.1 Å². The average Bonchev–Trinajstić information content (AvgIpc) is 3.22. The third-order valence-electron chi connectivity index (χ3n) is 6.56. The van der Waals surface area contributed by atoms with Gasteiger partial charge < -0.3 is 5.32 Å². The van der Waals surface area contributed by atoms with Crippen molar-refractivity contribution in [2.45, 2.75) is 32.7 Å². The van der Waals surface area contributed by atoms with Crippen molar-refractivity contribution >= 4 is 22.6 Å². The number of benzene rings is 3. The lowest BCUT2D eigenvalue weighted by Crippen LogP contribution is -2.40. The van der Waals surface area contributed by atoms with Crippen molar-refractivity contribution in [2.24, 2.45) is 5.92 Å². The van der Waals surface area contributed by atoms with Crippen molar-refractivity contribution in [1.29, 1.82) is 0 Å². The van der Waals surface area contributed by atoms with E-state index in [9.17, 15) is 9.18 Å². The van der Waals surface area contributed by atoms with Gasteiger partial charge in [0.15, 0.2) is 0 Å². The maximum Gasteiger partial charge on any atom is 0.228 e. The fourth-order valence-corrected chi connectivity index (χ4v) is 4.79. The molecule has 1 aliphatic rings. The Morgan fingerprint density at radius 1 is 1.09 bits per heavy atom. The van der Waals surface area contributed by atoms with Crippen LogP contribution in [0.15, 0.2) is 72.8 Å². The lowest BCUT2D eigenvalue weighted by molar-refractivity contribution is -0.121. The first-order chi connectivity index (χ1) is 16.6. The number of piperidine rings is 1. The zero-order chi connectivity index (χ0) is 23.5. The minimum atomic E-state index is -0.260. The molecule has 1 saturated heterocycles. The number of amides is 1. The quantitative estimate of drug-likeness (QED) is 0.412. The number of para-hydroxylation sites is 2. The molecule has 0 spiro atoms. The minimum Gasteiger partial charge on any atom is -0.326 e. The number of hydrogen-bond donors (Lipinski definition) is 1. The molecule has 6 heteroatoms. The molecule has 3 aromatic carbocycles. The number of nitrogens with zero attached hydrogens (tertiary/aromatic N) is 3. The van der Waals surface area contributed by atoms with Gasteiger partial charge in [-0.2, -0.15) is 0 Å². The van der Waals surface area contributed by atoms with Gasteiger partial charge in [-0.05, 0) is 79.9 Å². The summed E-state index contributed by atoms with van der Waals surface area (Å²) in [5.74, 6) is 0.640. The second-order valence-electron chi connectivity index (χ2n) is 8.95. The molecule has 0 radical (unpaired) electrons. The van der Waals surface area contributed by atoms with Crippen LogP contribution < -0.4 is 5.32 Å². The Balaban J connectivity index is 1.35. The van der Waals surface area contributed by atoms with Gasteiger partial charge in [0.05, 0.1) is 23.5 Å². The molecule has 5 rings (SSSR count). The molecule has 4 aromatic rings. The number of nitrogens with one attached hydrogen (secondary N) is 1. The van der Waals surface area contributed by atoms with E-state index in [0.717, 1.165) is 54.0 Å². The van der Waals surface area contributed by atoms with E-state index in [4.69, 9.17) is 4.98 Å². The van der Waals surface area contributed by atoms with Gasteiger partial charge in [-0.3, -0.25) is 14.3 Å². The molecule has 1 fully saturated rings. The Hall–Kier alpha value is -3.51. The molecule has 5 nitrogen and oxygen atoms in total. The third kappa shape index (κ3) is 4.73. The summed E-state index contributed by atoms with van der Waals surface area (Å²) < 4.78 is 15.7. The maximum absolute atomic E-state index is 13.6. The van der Waals surface area contributed by atoms with E-state index in [1.165, 1.54) is 17.7 Å². The van der Waals surface area contributed by atoms with Crippen molar-refractivity contribution < 1.29 is 9.18 Å². The zero-order valence-electron chi connectivity index (χ0n) is 19.4. The number of rotatable bonds is 6. The molecular weight excluding hydrogens is 427 g/mol. The Bertz CT molecular complexity index is 1300. The number of aromatic nitrogens is 2. The standard InChI is InChI=1S/C28H29FN4O/c1-2-20-7-5-9-23(17-20)30-28(34)21-8-6-16-32(18-21)19-27-31-25-10-3-4-11-26(25)33(27)24-14-12-22(29)13-15-24/h3-5,7,9-15,17,21H,2,6,8,16,18-19H2,1H3,(H,30,34)/t21-/m0/s1. The number of hydrogen-bond acceptors (Lipinski definition) is 3. The Morgan fingerprint density at radius 3 is 2.74 bits per heavy atom. The second-order valence-corrected chi connectivity index (χ2v) is 8.95. The summed E-state index contributed by atoms with van der Waals surface area (Å²) >= 11 is 0. The van der Waals surface area contributed by atoms with Gasteiger partial charge >= 0.3 is 0 Å². The lowest BCUT2D eigenvalue weighted by Gasteiger charge is -2.31. The van der Waals surface area contributed by atoms with E-state index in [0.29, 0.717) is 13.1 Å². The first kappa shape index (κ1) is 22.3. The predicted octanol–water partition coefficient (Wildman–Crippen LogP) is 5.58. The molecule has 1 aromatic heterocycles. The number of aryl methyl sites for hydroxylation is 1. The molecule has 174 valence electrons. The molecule has 0 aliphatic carbocycles. The van der Waals surface area contributed by atoms with E-state index in [1.807, 2.05) is 42.5 Å². The van der Waals surface area contributed by atoms with Gasteiger partial charge in [0.1, 0.15) is 11.6 Å². The summed E-state index contributed by atoms with van der Waals surface area (Å²) in [6.07, 6.45) is 2.78. The highest BCUT2D eigenvalue weighted by Gasteiger charge is 2.27. The van der Waals surface area contributed by atoms with Gasteiger partial charge in [0.25, 0.3) is 0 Å². The van der Waals surface area contributed by atoms with E-state index in [1.54, 1.807) is 12.1 Å². The van der Waals surface area contributed by atoms with Crippen molar-refractivity contribution in [3.8, 4) is 5.69 Å². The van der Waals surface area contributed by atoms with Crippen LogP contribution in [0.2, 0.25) is 0 Å². The molecule has 2 heterocycles. The Labute approximate surface area is 199 Å². The van der Waals surface area contributed by atoms with Crippen molar-refractivity contribution in [3.05, 3.63) is 90.0 Å². The van der Waals surface area contributed by atoms with Crippen molar-refractivity contribution in [1.82, 2.24) is 14.5 Å². The fraction of sp³-hybridized carbons (Fsp3) is 0.286. The van der Waals surface area contributed by atoms with Crippen LogP contribution in [0.5, 0.6) is 0 Å². The number of carbonyl (C=O) groups excluding carboxylic acids is 1. The first-order valence-corrected chi connectivity index (χ1v) is 11.9. The summed E-state index contributed by atoms with van der Waals surface area (Å²) in [5.41, 5.74) is 4.85. The van der Waals surface area contributed by atoms with Gasteiger partial charge in [-0.25, -0.2) is 9.37 Å². The van der Waals surface area contributed by atoms with Crippen LogP contribution in [0.1, 0.15) is 31.2 Å². The molecule has 34 heavy (non-hydrogen) atoms. The van der Waals surface area contributed by atoms with Crippen LogP contribution in [-0.4, -0.2) is 33.4 Å². The van der Waals surface area contributed by atoms with Crippen LogP contribution in [0.3, 0.4) is 0 Å². The highest BCUT2D eigenvalue weighted by atomic mass is 19.1. The molecule has 0 saturated carbocycles. The van der Waals surface area contributed by atoms with Crippen LogP contribution in [0, 0.1) is 11.7 Å². The smallest absolute Gasteiger partial charge is 0.228 e. The van der Waals surface area contributed by atoms with Crippen molar-refractivity contribution in [3.63, 3.8) is 0 Å². The normalized spacial score (nSPS) is 16.6. The number of imidazole rings is 1. The van der Waals surface area contributed by atoms with E-state index in [2.05, 4.69) is 27.8 Å². The summed E-state index contributed by atoms with van der Waals surface area (Å²) in [7, 11) is 0. The zero-order valence-corrected chi connectivity index (χ0v) is 19.4. The van der Waals surface area contributed by atoms with Crippen LogP contribution in [0.25, 0.3) is 16.7 Å². The molecule has 1 aliphatic heterocycles. The van der Waals surface area contributed by atoms with Gasteiger partial charge in [0, 0.05) is 17.9 Å². The van der Waals surface area contributed by atoms with Crippen LogP contribution >= 0.6 is 0 Å². The third-order valence-corrected chi connectivity index (χ3v) is 6.56. The fourth-order valence-electron chi connectivity index (χ4n) is 4.79. The number of anilines is 1. The number of halogens is 1. The monoisotopic (exact) mass is 456 g/mol. The highest BCUT2D eigenvalue weighted by Crippen LogP contribution is 2.25. The summed E-state index contributed by atoms with van der Waals surface area (Å²) in [6, 6.07) is 22.6. The Kier molecular flexibility index (Phi) is 6.41. The Morgan fingerprint density at radius 2 is 1.91 bits per heavy atom. The molecule has 1 atom stereocenters. The molecule has 0 unspecified atom stereocenters. The van der Waals surface area contributed by atoms with Crippen molar-refractivity contribution in [2.75, 3.05) is 18.4 Å². The summed E-state index contributed by atoms with van der Waals surface area (Å²) in [6.45, 7) is 4.34. The van der Waals surface area contributed by atoms with E-state index >= 15 is 0 Å². The summed E-state index contributed by atoms with van der Waals surface area (Å²) in [4.78, 5) is 20.2. The first-order valence-electron chi connectivity index (χ1n) is 11.9. The second kappa shape index (κ2) is 9.77. The van der Waals surface area contributed by atoms with E-state index < -0.39 is 0 Å². The SMILES string of the molecule is CCc1cccc(NC(=O)[C@H]2CCCN(Cc3nc4ccccc4n3-c3ccc(F)cc3)C2)c1. The van der Waals surface area contributed by atoms with E-state index in [-0.39, 0.29) is 17.6 Å². The lowest BCUT2D eigenvalue weighted by atomic mass is 9.97. The summed E-state index contributed by atoms with van der Waals surface area (Å²) in [5, 5.41) is 3.11. The molecule has 1 amide bonds. The highest BCUT2D eigenvalue weighted by molar-refractivity contribution is 5.92. The topological polar surface area (TPSA) is 50.2 Å². The maximum atomic E-state index is 13.6. The molecular formula is C28H29FN4O. The van der Waals surface area contributed by atoms with Gasteiger partial charge in [-0.1, -0.05) is 31.2 Å². The number of fused-ring (bicyclic) bond motifs is 1. The van der Waals surface area contributed by atoms with Gasteiger partial charge in [0.2, 0.25) is 5.91 Å². The predicted molar refractivity (Wildman–Crippen MR) is 133 cm³/mol. The minimum absolute atomic E-state index is 0.0670. The average molecular weight is 457 g/mol.